The zero-order valence-corrected chi connectivity index (χ0v) is 12.1. The number of hydrogen-bond acceptors (Lipinski definition) is 4. The van der Waals surface area contributed by atoms with E-state index in [2.05, 4.69) is 15.9 Å². The molecule has 0 aliphatic heterocycles. The number of carboxylic acids is 1. The summed E-state index contributed by atoms with van der Waals surface area (Å²) in [5.41, 5.74) is 6.93. The summed E-state index contributed by atoms with van der Waals surface area (Å²) in [6.07, 6.45) is 0. The molecule has 5 nitrogen and oxygen atoms in total. The highest BCUT2D eigenvalue weighted by molar-refractivity contribution is 9.10. The zero-order chi connectivity index (χ0) is 13.9. The zero-order valence-electron chi connectivity index (χ0n) is 10.5. The fourth-order valence-corrected chi connectivity index (χ4v) is 2.80. The Bertz CT molecular complexity index is 462. The van der Waals surface area contributed by atoms with E-state index in [1.165, 1.54) is 14.2 Å². The van der Waals surface area contributed by atoms with Gasteiger partial charge < -0.3 is 20.3 Å². The van der Waals surface area contributed by atoms with Gasteiger partial charge in [-0.3, -0.25) is 4.79 Å². The van der Waals surface area contributed by atoms with Crippen molar-refractivity contribution >= 4 is 21.9 Å². The van der Waals surface area contributed by atoms with E-state index < -0.39 is 11.9 Å². The van der Waals surface area contributed by atoms with Gasteiger partial charge in [0.15, 0.2) is 11.5 Å². The lowest BCUT2D eigenvalue weighted by Crippen LogP contribution is -2.22. The number of methoxy groups -OCH3 is 2. The van der Waals surface area contributed by atoms with Crippen LogP contribution in [-0.4, -0.2) is 31.8 Å². The summed E-state index contributed by atoms with van der Waals surface area (Å²) in [6, 6.07) is 1.74. The molecule has 0 bridgehead atoms. The van der Waals surface area contributed by atoms with Crippen molar-refractivity contribution < 1.29 is 19.4 Å². The second kappa shape index (κ2) is 6.06. The van der Waals surface area contributed by atoms with Crippen LogP contribution in [0.15, 0.2) is 10.5 Å². The van der Waals surface area contributed by atoms with Crippen LogP contribution in [0.3, 0.4) is 0 Å². The molecule has 1 atom stereocenters. The Morgan fingerprint density at radius 1 is 1.50 bits per heavy atom. The predicted molar refractivity (Wildman–Crippen MR) is 71.4 cm³/mol. The smallest absolute Gasteiger partial charge is 0.312 e. The average Bonchev–Trinajstić information content (AvgIpc) is 2.33. The van der Waals surface area contributed by atoms with Crippen molar-refractivity contribution in [3.8, 4) is 11.5 Å². The molecule has 0 spiro atoms. The molecule has 0 fully saturated rings. The van der Waals surface area contributed by atoms with Crippen molar-refractivity contribution in [2.24, 2.45) is 5.73 Å². The monoisotopic (exact) mass is 317 g/mol. The number of nitrogens with two attached hydrogens (primary N) is 1. The van der Waals surface area contributed by atoms with Crippen molar-refractivity contribution in [2.45, 2.75) is 12.8 Å². The SMILES string of the molecule is COc1cc(C)c(C(CN)C(=O)O)c(Br)c1OC. The molecule has 0 saturated heterocycles. The molecule has 0 saturated carbocycles. The topological polar surface area (TPSA) is 81.8 Å². The van der Waals surface area contributed by atoms with E-state index in [0.29, 0.717) is 21.5 Å². The Morgan fingerprint density at radius 3 is 2.50 bits per heavy atom. The van der Waals surface area contributed by atoms with Crippen molar-refractivity contribution in [1.29, 1.82) is 0 Å². The molecular formula is C12H16BrNO4. The van der Waals surface area contributed by atoms with Gasteiger partial charge in [0.25, 0.3) is 0 Å². The number of benzene rings is 1. The van der Waals surface area contributed by atoms with Crippen LogP contribution in [0.25, 0.3) is 0 Å². The third kappa shape index (κ3) is 2.59. The molecule has 0 amide bonds. The van der Waals surface area contributed by atoms with Gasteiger partial charge in [-0.1, -0.05) is 0 Å². The lowest BCUT2D eigenvalue weighted by molar-refractivity contribution is -0.138. The van der Waals surface area contributed by atoms with Gasteiger partial charge in [-0.2, -0.15) is 0 Å². The highest BCUT2D eigenvalue weighted by Gasteiger charge is 2.26. The van der Waals surface area contributed by atoms with Crippen LogP contribution in [0, 0.1) is 6.92 Å². The van der Waals surface area contributed by atoms with Crippen molar-refractivity contribution in [2.75, 3.05) is 20.8 Å². The molecule has 18 heavy (non-hydrogen) atoms. The summed E-state index contributed by atoms with van der Waals surface area (Å²) in [5, 5.41) is 9.19. The van der Waals surface area contributed by atoms with Gasteiger partial charge >= 0.3 is 5.97 Å². The van der Waals surface area contributed by atoms with Crippen LogP contribution in [0.1, 0.15) is 17.0 Å². The van der Waals surface area contributed by atoms with Gasteiger partial charge in [-0.05, 0) is 40.0 Å². The van der Waals surface area contributed by atoms with E-state index >= 15 is 0 Å². The Morgan fingerprint density at radius 2 is 2.11 bits per heavy atom. The first-order valence-corrected chi connectivity index (χ1v) is 6.11. The number of carboxylic acid groups (broad SMARTS) is 1. The highest BCUT2D eigenvalue weighted by Crippen LogP contribution is 2.42. The first-order valence-electron chi connectivity index (χ1n) is 5.31. The van der Waals surface area contributed by atoms with E-state index in [1.807, 2.05) is 6.92 Å². The van der Waals surface area contributed by atoms with Gasteiger partial charge in [-0.15, -0.1) is 0 Å². The fraction of sp³-hybridized carbons (Fsp3) is 0.417. The summed E-state index contributed by atoms with van der Waals surface area (Å²) < 4.78 is 11.0. The van der Waals surface area contributed by atoms with Crippen molar-refractivity contribution in [3.05, 3.63) is 21.7 Å². The maximum Gasteiger partial charge on any atom is 0.312 e. The van der Waals surface area contributed by atoms with Crippen LogP contribution in [0.5, 0.6) is 11.5 Å². The molecule has 0 aliphatic carbocycles. The Balaban J connectivity index is 3.49. The fourth-order valence-electron chi connectivity index (χ4n) is 1.86. The van der Waals surface area contributed by atoms with E-state index in [0.717, 1.165) is 5.56 Å². The second-order valence-electron chi connectivity index (χ2n) is 3.78. The van der Waals surface area contributed by atoms with E-state index in [1.54, 1.807) is 6.07 Å². The van der Waals surface area contributed by atoms with Gasteiger partial charge in [0.05, 0.1) is 24.6 Å². The first-order chi connectivity index (χ1) is 8.47. The molecule has 0 radical (unpaired) electrons. The molecule has 0 aromatic heterocycles. The number of aliphatic carboxylic acids is 1. The van der Waals surface area contributed by atoms with Gasteiger partial charge in [0, 0.05) is 6.54 Å². The third-order valence-corrected chi connectivity index (χ3v) is 3.53. The third-order valence-electron chi connectivity index (χ3n) is 2.74. The molecule has 1 rings (SSSR count). The number of rotatable bonds is 5. The number of halogens is 1. The standard InChI is InChI=1S/C12H16BrNO4/c1-6-4-8(17-2)11(18-3)10(13)9(6)7(5-14)12(15)16/h4,7H,5,14H2,1-3H3,(H,15,16). The van der Waals surface area contributed by atoms with Crippen molar-refractivity contribution in [3.63, 3.8) is 0 Å². The van der Waals surface area contributed by atoms with Gasteiger partial charge in [0.1, 0.15) is 0 Å². The predicted octanol–water partition coefficient (Wildman–Crippen LogP) is 1.90. The molecular weight excluding hydrogens is 302 g/mol. The van der Waals surface area contributed by atoms with E-state index in [4.69, 9.17) is 15.2 Å². The van der Waals surface area contributed by atoms with E-state index in [9.17, 15) is 9.90 Å². The summed E-state index contributed by atoms with van der Waals surface area (Å²) in [6.45, 7) is 1.83. The number of aryl methyl sites for hydroxylation is 1. The average molecular weight is 318 g/mol. The van der Waals surface area contributed by atoms with Crippen LogP contribution in [0.2, 0.25) is 0 Å². The summed E-state index contributed by atoms with van der Waals surface area (Å²) >= 11 is 3.37. The summed E-state index contributed by atoms with van der Waals surface area (Å²) in [4.78, 5) is 11.2. The quantitative estimate of drug-likeness (QED) is 0.866. The Kier molecular flexibility index (Phi) is 4.98. The minimum atomic E-state index is -0.964. The first kappa shape index (κ1) is 14.8. The lowest BCUT2D eigenvalue weighted by Gasteiger charge is -2.19. The maximum absolute atomic E-state index is 11.2. The highest BCUT2D eigenvalue weighted by atomic mass is 79.9. The molecule has 0 heterocycles. The molecule has 6 heteroatoms. The summed E-state index contributed by atoms with van der Waals surface area (Å²) in [5.74, 6) is -0.725. The van der Waals surface area contributed by atoms with Crippen LogP contribution in [-0.2, 0) is 4.79 Å². The Labute approximate surface area is 114 Å². The van der Waals surface area contributed by atoms with Crippen LogP contribution in [0.4, 0.5) is 0 Å². The van der Waals surface area contributed by atoms with E-state index in [-0.39, 0.29) is 6.54 Å². The second-order valence-corrected chi connectivity index (χ2v) is 4.58. The molecule has 3 N–H and O–H groups in total. The van der Waals surface area contributed by atoms with Crippen molar-refractivity contribution in [1.82, 2.24) is 0 Å². The van der Waals surface area contributed by atoms with Gasteiger partial charge in [-0.25, -0.2) is 0 Å². The maximum atomic E-state index is 11.2. The minimum Gasteiger partial charge on any atom is -0.493 e. The number of hydrogen-bond donors (Lipinski definition) is 2. The molecule has 0 aliphatic rings. The van der Waals surface area contributed by atoms with Gasteiger partial charge in [0.2, 0.25) is 0 Å². The number of ether oxygens (including phenoxy) is 2. The molecule has 1 aromatic rings. The lowest BCUT2D eigenvalue weighted by atomic mass is 9.94. The summed E-state index contributed by atoms with van der Waals surface area (Å²) in [7, 11) is 3.03. The number of carbonyl (C=O) groups is 1. The molecule has 1 aromatic carbocycles. The Hall–Kier alpha value is -1.27. The molecule has 1 unspecified atom stereocenters. The van der Waals surface area contributed by atoms with Crippen LogP contribution >= 0.6 is 15.9 Å². The van der Waals surface area contributed by atoms with Crippen LogP contribution < -0.4 is 15.2 Å². The largest absolute Gasteiger partial charge is 0.493 e. The molecule has 100 valence electrons. The minimum absolute atomic E-state index is 0.0181. The normalized spacial score (nSPS) is 12.1.